The fourth-order valence-corrected chi connectivity index (χ4v) is 3.22. The summed E-state index contributed by atoms with van der Waals surface area (Å²) >= 11 is 3.47. The van der Waals surface area contributed by atoms with Gasteiger partial charge < -0.3 is 4.90 Å². The molecule has 0 aliphatic heterocycles. The summed E-state index contributed by atoms with van der Waals surface area (Å²) in [5.41, 5.74) is 0.806. The molecule has 3 heteroatoms. The van der Waals surface area contributed by atoms with Gasteiger partial charge >= 0.3 is 0 Å². The average molecular weight is 348 g/mol. The van der Waals surface area contributed by atoms with Crippen LogP contribution in [0.5, 0.6) is 0 Å². The average Bonchev–Trinajstić information content (AvgIpc) is 2.54. The van der Waals surface area contributed by atoms with E-state index < -0.39 is 0 Å². The summed E-state index contributed by atoms with van der Waals surface area (Å²) in [6.07, 6.45) is 1.97. The van der Waals surface area contributed by atoms with E-state index in [1.54, 1.807) is 0 Å². The lowest BCUT2D eigenvalue weighted by Gasteiger charge is -2.30. The zero-order valence-corrected chi connectivity index (χ0v) is 14.3. The number of amides is 1. The molecular formula is C18H22BrNO. The van der Waals surface area contributed by atoms with Crippen LogP contribution in [-0.4, -0.2) is 28.7 Å². The summed E-state index contributed by atoms with van der Waals surface area (Å²) in [5.74, 6) is 0.139. The lowest BCUT2D eigenvalue weighted by atomic mass is 10.0. The van der Waals surface area contributed by atoms with E-state index in [-0.39, 0.29) is 5.91 Å². The number of alkyl halides is 1. The standard InChI is InChI=1S/C18H22BrNO/c1-3-15(4-2)20(13-12-19)18(21)17-11-7-9-14-8-5-6-10-16(14)17/h5-11,15H,3-4,12-13H2,1-2H3. The maximum absolute atomic E-state index is 13.0. The lowest BCUT2D eigenvalue weighted by Crippen LogP contribution is -2.41. The summed E-state index contributed by atoms with van der Waals surface area (Å²) < 4.78 is 0. The normalized spacial score (nSPS) is 11.0. The van der Waals surface area contributed by atoms with Crippen molar-refractivity contribution in [3.63, 3.8) is 0 Å². The first-order valence-corrected chi connectivity index (χ1v) is 8.69. The summed E-state index contributed by atoms with van der Waals surface area (Å²) in [7, 11) is 0. The highest BCUT2D eigenvalue weighted by Gasteiger charge is 2.22. The van der Waals surface area contributed by atoms with Crippen LogP contribution in [0.4, 0.5) is 0 Å². The first-order chi connectivity index (χ1) is 10.2. The number of halogens is 1. The number of hydrogen-bond donors (Lipinski definition) is 0. The highest BCUT2D eigenvalue weighted by molar-refractivity contribution is 9.09. The second-order valence-corrected chi connectivity index (χ2v) is 5.98. The third-order valence-electron chi connectivity index (χ3n) is 3.99. The van der Waals surface area contributed by atoms with Gasteiger partial charge in [0.2, 0.25) is 0 Å². The van der Waals surface area contributed by atoms with Gasteiger partial charge in [-0.1, -0.05) is 66.2 Å². The topological polar surface area (TPSA) is 20.3 Å². The Morgan fingerprint density at radius 3 is 2.43 bits per heavy atom. The number of carbonyl (C=O) groups excluding carboxylic acids is 1. The Balaban J connectivity index is 2.43. The van der Waals surface area contributed by atoms with E-state index >= 15 is 0 Å². The van der Waals surface area contributed by atoms with Crippen LogP contribution in [-0.2, 0) is 0 Å². The number of carbonyl (C=O) groups is 1. The van der Waals surface area contributed by atoms with Crippen molar-refractivity contribution < 1.29 is 4.79 Å². The minimum Gasteiger partial charge on any atom is -0.335 e. The minimum absolute atomic E-state index is 0.139. The molecule has 0 radical (unpaired) electrons. The van der Waals surface area contributed by atoms with Crippen molar-refractivity contribution in [1.82, 2.24) is 4.90 Å². The molecule has 0 spiro atoms. The van der Waals surface area contributed by atoms with Crippen molar-refractivity contribution >= 4 is 32.6 Å². The second kappa shape index (κ2) is 7.60. The number of rotatable bonds is 6. The van der Waals surface area contributed by atoms with Crippen LogP contribution in [0.25, 0.3) is 10.8 Å². The molecule has 21 heavy (non-hydrogen) atoms. The summed E-state index contributed by atoms with van der Waals surface area (Å²) in [4.78, 5) is 15.0. The van der Waals surface area contributed by atoms with Gasteiger partial charge in [-0.25, -0.2) is 0 Å². The Morgan fingerprint density at radius 2 is 1.76 bits per heavy atom. The highest BCUT2D eigenvalue weighted by Crippen LogP contribution is 2.22. The third-order valence-corrected chi connectivity index (χ3v) is 4.34. The number of nitrogens with zero attached hydrogens (tertiary/aromatic N) is 1. The van der Waals surface area contributed by atoms with Gasteiger partial charge in [0.15, 0.2) is 0 Å². The van der Waals surface area contributed by atoms with Gasteiger partial charge in [0, 0.05) is 23.5 Å². The van der Waals surface area contributed by atoms with Gasteiger partial charge in [0.05, 0.1) is 0 Å². The number of hydrogen-bond acceptors (Lipinski definition) is 1. The van der Waals surface area contributed by atoms with Crippen LogP contribution in [0.15, 0.2) is 42.5 Å². The predicted molar refractivity (Wildman–Crippen MR) is 93.1 cm³/mol. The summed E-state index contributed by atoms with van der Waals surface area (Å²) in [6.45, 7) is 5.03. The van der Waals surface area contributed by atoms with Crippen LogP contribution in [0.2, 0.25) is 0 Å². The molecule has 0 fully saturated rings. The minimum atomic E-state index is 0.139. The van der Waals surface area contributed by atoms with Gasteiger partial charge in [-0.3, -0.25) is 4.79 Å². The largest absolute Gasteiger partial charge is 0.335 e. The molecule has 1 amide bonds. The molecule has 112 valence electrons. The Morgan fingerprint density at radius 1 is 1.10 bits per heavy atom. The molecular weight excluding hydrogens is 326 g/mol. The van der Waals surface area contributed by atoms with Gasteiger partial charge in [-0.15, -0.1) is 0 Å². The zero-order valence-electron chi connectivity index (χ0n) is 12.7. The molecule has 0 heterocycles. The lowest BCUT2D eigenvalue weighted by molar-refractivity contribution is 0.0685. The van der Waals surface area contributed by atoms with Crippen molar-refractivity contribution in [3.05, 3.63) is 48.0 Å². The summed E-state index contributed by atoms with van der Waals surface area (Å²) in [5, 5.41) is 2.96. The van der Waals surface area contributed by atoms with Crippen LogP contribution >= 0.6 is 15.9 Å². The number of benzene rings is 2. The molecule has 0 bridgehead atoms. The fraction of sp³-hybridized carbons (Fsp3) is 0.389. The Hall–Kier alpha value is -1.35. The Bertz CT molecular complexity index is 602. The maximum atomic E-state index is 13.0. The molecule has 0 aliphatic carbocycles. The molecule has 2 aromatic rings. The molecule has 0 unspecified atom stereocenters. The van der Waals surface area contributed by atoms with Crippen molar-refractivity contribution in [3.8, 4) is 0 Å². The molecule has 2 nitrogen and oxygen atoms in total. The monoisotopic (exact) mass is 347 g/mol. The fourth-order valence-electron chi connectivity index (χ4n) is 2.84. The summed E-state index contributed by atoms with van der Waals surface area (Å²) in [6, 6.07) is 14.3. The SMILES string of the molecule is CCC(CC)N(CCBr)C(=O)c1cccc2ccccc12. The molecule has 0 saturated carbocycles. The van der Waals surface area contributed by atoms with E-state index in [0.717, 1.165) is 41.1 Å². The van der Waals surface area contributed by atoms with Crippen molar-refractivity contribution in [2.75, 3.05) is 11.9 Å². The van der Waals surface area contributed by atoms with Crippen LogP contribution < -0.4 is 0 Å². The van der Waals surface area contributed by atoms with E-state index in [1.165, 1.54) is 0 Å². The third kappa shape index (κ3) is 3.46. The van der Waals surface area contributed by atoms with E-state index in [9.17, 15) is 4.79 Å². The van der Waals surface area contributed by atoms with E-state index in [0.29, 0.717) is 6.04 Å². The molecule has 2 aromatic carbocycles. The quantitative estimate of drug-likeness (QED) is 0.683. The second-order valence-electron chi connectivity index (χ2n) is 5.18. The Labute approximate surface area is 135 Å². The first-order valence-electron chi connectivity index (χ1n) is 7.57. The van der Waals surface area contributed by atoms with Gasteiger partial charge in [0.25, 0.3) is 5.91 Å². The van der Waals surface area contributed by atoms with Crippen LogP contribution in [0.3, 0.4) is 0 Å². The van der Waals surface area contributed by atoms with E-state index in [4.69, 9.17) is 0 Å². The predicted octanol–water partition coefficient (Wildman–Crippen LogP) is 4.87. The van der Waals surface area contributed by atoms with Crippen molar-refractivity contribution in [2.24, 2.45) is 0 Å². The zero-order chi connectivity index (χ0) is 15.2. The van der Waals surface area contributed by atoms with Gasteiger partial charge in [-0.2, -0.15) is 0 Å². The molecule has 0 aliphatic rings. The van der Waals surface area contributed by atoms with E-state index in [1.807, 2.05) is 35.2 Å². The maximum Gasteiger partial charge on any atom is 0.254 e. The van der Waals surface area contributed by atoms with Crippen molar-refractivity contribution in [1.29, 1.82) is 0 Å². The molecule has 2 rings (SSSR count). The van der Waals surface area contributed by atoms with Crippen LogP contribution in [0.1, 0.15) is 37.0 Å². The van der Waals surface area contributed by atoms with Gasteiger partial charge in [-0.05, 0) is 29.7 Å². The van der Waals surface area contributed by atoms with E-state index in [2.05, 4.69) is 41.9 Å². The van der Waals surface area contributed by atoms with Gasteiger partial charge in [0.1, 0.15) is 0 Å². The molecule has 0 saturated heterocycles. The van der Waals surface area contributed by atoms with Crippen LogP contribution in [0, 0.1) is 0 Å². The molecule has 0 N–H and O–H groups in total. The molecule has 0 aromatic heterocycles. The smallest absolute Gasteiger partial charge is 0.254 e. The highest BCUT2D eigenvalue weighted by atomic mass is 79.9. The molecule has 0 atom stereocenters. The first kappa shape index (κ1) is 16.0. The number of fused-ring (bicyclic) bond motifs is 1. The van der Waals surface area contributed by atoms with Crippen molar-refractivity contribution in [2.45, 2.75) is 32.7 Å². The Kier molecular flexibility index (Phi) is 5.80.